The van der Waals surface area contributed by atoms with Gasteiger partial charge in [-0.15, -0.1) is 11.3 Å². The number of hydrogen-bond acceptors (Lipinski definition) is 5. The molecule has 7 nitrogen and oxygen atoms in total. The fourth-order valence-electron chi connectivity index (χ4n) is 2.64. The largest absolute Gasteiger partial charge is 0.444 e. The Bertz CT molecular complexity index is 1120. The maximum atomic E-state index is 13.8. The molecule has 0 aliphatic heterocycles. The zero-order valence-electron chi connectivity index (χ0n) is 17.7. The minimum absolute atomic E-state index is 0.0796. The molecule has 1 aromatic heterocycles. The van der Waals surface area contributed by atoms with Gasteiger partial charge in [-0.2, -0.15) is 0 Å². The summed E-state index contributed by atoms with van der Waals surface area (Å²) in [7, 11) is 0. The molecule has 0 fully saturated rings. The minimum atomic E-state index is -0.731. The number of halogens is 1. The molecule has 2 aromatic carbocycles. The van der Waals surface area contributed by atoms with E-state index in [-0.39, 0.29) is 22.8 Å². The van der Waals surface area contributed by atoms with E-state index in [1.807, 2.05) is 0 Å². The number of hydrogen-bond donors (Lipinski definition) is 3. The van der Waals surface area contributed by atoms with Crippen LogP contribution in [0.2, 0.25) is 0 Å². The van der Waals surface area contributed by atoms with E-state index in [1.54, 1.807) is 50.4 Å². The van der Waals surface area contributed by atoms with Crippen molar-refractivity contribution in [3.8, 4) is 0 Å². The van der Waals surface area contributed by atoms with Crippen molar-refractivity contribution in [2.75, 3.05) is 16.0 Å². The van der Waals surface area contributed by atoms with Crippen LogP contribution in [0.15, 0.2) is 60.0 Å². The second-order valence-corrected chi connectivity index (χ2v) is 8.73. The normalized spacial score (nSPS) is 10.9. The molecule has 3 rings (SSSR count). The molecule has 0 aliphatic carbocycles. The Balaban J connectivity index is 1.69. The molecular weight excluding hydrogens is 433 g/mol. The van der Waals surface area contributed by atoms with Crippen molar-refractivity contribution in [1.82, 2.24) is 0 Å². The van der Waals surface area contributed by atoms with Crippen LogP contribution < -0.4 is 16.0 Å². The summed E-state index contributed by atoms with van der Waals surface area (Å²) in [6.07, 6.45) is -0.731. The summed E-state index contributed by atoms with van der Waals surface area (Å²) in [5.41, 5.74) is 0.364. The number of ether oxygens (including phenoxy) is 1. The highest BCUT2D eigenvalue weighted by atomic mass is 32.1. The number of anilines is 3. The number of nitrogens with one attached hydrogen (secondary N) is 3. The smallest absolute Gasteiger partial charge is 0.412 e. The number of thiophene rings is 1. The number of carbonyl (C=O) groups excluding carboxylic acids is 3. The van der Waals surface area contributed by atoms with Crippen LogP contribution in [0.5, 0.6) is 0 Å². The molecule has 3 aromatic rings. The lowest BCUT2D eigenvalue weighted by molar-refractivity contribution is 0.0635. The van der Waals surface area contributed by atoms with Gasteiger partial charge in [-0.05, 0) is 74.7 Å². The third-order valence-corrected chi connectivity index (χ3v) is 4.88. The Morgan fingerprint density at radius 2 is 1.59 bits per heavy atom. The lowest BCUT2D eigenvalue weighted by Gasteiger charge is -2.20. The summed E-state index contributed by atoms with van der Waals surface area (Å²) >= 11 is 1.32. The first kappa shape index (κ1) is 23.0. The molecule has 0 atom stereocenters. The zero-order valence-corrected chi connectivity index (χ0v) is 18.5. The molecular formula is C23H22FN3O4S. The van der Waals surface area contributed by atoms with Crippen molar-refractivity contribution < 1.29 is 23.5 Å². The van der Waals surface area contributed by atoms with E-state index in [0.717, 1.165) is 12.1 Å². The summed E-state index contributed by atoms with van der Waals surface area (Å²) < 4.78 is 19.0. The van der Waals surface area contributed by atoms with E-state index in [1.165, 1.54) is 29.5 Å². The number of amides is 3. The van der Waals surface area contributed by atoms with E-state index >= 15 is 0 Å². The van der Waals surface area contributed by atoms with Gasteiger partial charge in [-0.1, -0.05) is 6.07 Å². The maximum absolute atomic E-state index is 13.8. The van der Waals surface area contributed by atoms with E-state index in [0.29, 0.717) is 10.6 Å². The zero-order chi connectivity index (χ0) is 23.3. The highest BCUT2D eigenvalue weighted by molar-refractivity contribution is 7.12. The quantitative estimate of drug-likeness (QED) is 0.457. The Labute approximate surface area is 188 Å². The van der Waals surface area contributed by atoms with E-state index in [2.05, 4.69) is 16.0 Å². The fourth-order valence-corrected chi connectivity index (χ4v) is 3.26. The fraction of sp³-hybridized carbons (Fsp3) is 0.174. The van der Waals surface area contributed by atoms with Crippen molar-refractivity contribution in [1.29, 1.82) is 0 Å². The van der Waals surface area contributed by atoms with E-state index in [4.69, 9.17) is 4.74 Å². The molecule has 0 unspecified atom stereocenters. The highest BCUT2D eigenvalue weighted by Gasteiger charge is 2.18. The first-order valence-corrected chi connectivity index (χ1v) is 10.5. The second-order valence-electron chi connectivity index (χ2n) is 7.78. The lowest BCUT2D eigenvalue weighted by Crippen LogP contribution is -2.27. The van der Waals surface area contributed by atoms with Gasteiger partial charge < -0.3 is 15.4 Å². The lowest BCUT2D eigenvalue weighted by atomic mass is 10.1. The second kappa shape index (κ2) is 9.61. The van der Waals surface area contributed by atoms with Crippen LogP contribution in [0.25, 0.3) is 0 Å². The van der Waals surface area contributed by atoms with Crippen molar-refractivity contribution >= 4 is 46.3 Å². The Morgan fingerprint density at radius 1 is 0.875 bits per heavy atom. The molecule has 166 valence electrons. The first-order chi connectivity index (χ1) is 15.1. The van der Waals surface area contributed by atoms with Gasteiger partial charge >= 0.3 is 6.09 Å². The van der Waals surface area contributed by atoms with Gasteiger partial charge in [-0.25, -0.2) is 9.18 Å². The van der Waals surface area contributed by atoms with Crippen LogP contribution in [0, 0.1) is 5.82 Å². The average Bonchev–Trinajstić information content (AvgIpc) is 3.24. The Kier molecular flexibility index (Phi) is 6.89. The van der Waals surface area contributed by atoms with Crippen molar-refractivity contribution in [3.63, 3.8) is 0 Å². The van der Waals surface area contributed by atoms with Crippen LogP contribution in [0.4, 0.5) is 26.2 Å². The van der Waals surface area contributed by atoms with Crippen molar-refractivity contribution in [2.45, 2.75) is 26.4 Å². The molecule has 32 heavy (non-hydrogen) atoms. The van der Waals surface area contributed by atoms with Gasteiger partial charge in [0.2, 0.25) is 0 Å². The van der Waals surface area contributed by atoms with Crippen LogP contribution >= 0.6 is 11.3 Å². The van der Waals surface area contributed by atoms with Gasteiger partial charge in [0.05, 0.1) is 16.3 Å². The third-order valence-electron chi connectivity index (χ3n) is 4.02. The predicted molar refractivity (Wildman–Crippen MR) is 123 cm³/mol. The summed E-state index contributed by atoms with van der Waals surface area (Å²) in [4.78, 5) is 37.4. The number of rotatable bonds is 5. The van der Waals surface area contributed by atoms with Crippen LogP contribution in [-0.4, -0.2) is 23.5 Å². The third kappa shape index (κ3) is 6.39. The predicted octanol–water partition coefficient (Wildman–Crippen LogP) is 5.74. The molecule has 0 aliphatic rings. The molecule has 0 bridgehead atoms. The Morgan fingerprint density at radius 3 is 2.22 bits per heavy atom. The summed E-state index contributed by atoms with van der Waals surface area (Å²) in [6.45, 7) is 5.14. The number of benzene rings is 2. The number of carbonyl (C=O) groups is 3. The molecule has 3 amide bonds. The summed E-state index contributed by atoms with van der Waals surface area (Å²) in [5.74, 6) is -1.34. The van der Waals surface area contributed by atoms with Gasteiger partial charge in [0.15, 0.2) is 0 Å². The molecule has 1 heterocycles. The van der Waals surface area contributed by atoms with Gasteiger partial charge in [-0.3, -0.25) is 14.9 Å². The van der Waals surface area contributed by atoms with Gasteiger partial charge in [0.25, 0.3) is 11.8 Å². The van der Waals surface area contributed by atoms with Crippen molar-refractivity contribution in [3.05, 3.63) is 76.2 Å². The topological polar surface area (TPSA) is 96.5 Å². The van der Waals surface area contributed by atoms with E-state index in [9.17, 15) is 18.8 Å². The van der Waals surface area contributed by atoms with E-state index < -0.39 is 23.4 Å². The Hall–Kier alpha value is -3.72. The SMILES string of the molecule is CC(C)(C)OC(=O)Nc1ccc(F)cc1NC(=O)c1ccc(NC(=O)c2cccs2)cc1. The standard InChI is InChI=1S/C23H22FN3O4S/c1-23(2,3)31-22(30)27-17-11-8-15(24)13-18(17)26-20(28)14-6-9-16(10-7-14)25-21(29)19-5-4-12-32-19/h4-13H,1-3H3,(H,25,29)(H,26,28)(H,27,30). The molecule has 0 saturated carbocycles. The van der Waals surface area contributed by atoms with Crippen LogP contribution in [-0.2, 0) is 4.74 Å². The average molecular weight is 456 g/mol. The highest BCUT2D eigenvalue weighted by Crippen LogP contribution is 2.25. The molecule has 9 heteroatoms. The van der Waals surface area contributed by atoms with Crippen LogP contribution in [0.3, 0.4) is 0 Å². The maximum Gasteiger partial charge on any atom is 0.412 e. The van der Waals surface area contributed by atoms with Crippen LogP contribution in [0.1, 0.15) is 40.8 Å². The summed E-state index contributed by atoms with van der Waals surface area (Å²) in [5, 5.41) is 9.64. The van der Waals surface area contributed by atoms with Gasteiger partial charge in [0.1, 0.15) is 11.4 Å². The molecule has 0 saturated heterocycles. The van der Waals surface area contributed by atoms with Gasteiger partial charge in [0, 0.05) is 11.3 Å². The molecule has 0 spiro atoms. The molecule has 3 N–H and O–H groups in total. The monoisotopic (exact) mass is 455 g/mol. The summed E-state index contributed by atoms with van der Waals surface area (Å²) in [6, 6.07) is 13.3. The molecule has 0 radical (unpaired) electrons. The minimum Gasteiger partial charge on any atom is -0.444 e. The first-order valence-electron chi connectivity index (χ1n) is 9.66. The van der Waals surface area contributed by atoms with Crippen molar-refractivity contribution in [2.24, 2.45) is 0 Å².